The Hall–Kier alpha value is -0.820. The van der Waals surface area contributed by atoms with Crippen LogP contribution in [-0.4, -0.2) is 12.6 Å². The summed E-state index contributed by atoms with van der Waals surface area (Å²) < 4.78 is 0. The molecule has 0 spiro atoms. The van der Waals surface area contributed by atoms with Crippen LogP contribution in [0.1, 0.15) is 49.8 Å². The van der Waals surface area contributed by atoms with Gasteiger partial charge >= 0.3 is 0 Å². The lowest BCUT2D eigenvalue weighted by Gasteiger charge is -2.09. The SMILES string of the molecule is Cc1ccc(C)c(CCCCCNC(C)C)c1. The fourth-order valence-corrected chi connectivity index (χ4v) is 2.08. The molecule has 1 N–H and O–H groups in total. The zero-order valence-corrected chi connectivity index (χ0v) is 11.8. The van der Waals surface area contributed by atoms with E-state index >= 15 is 0 Å². The van der Waals surface area contributed by atoms with Gasteiger partial charge in [0.15, 0.2) is 0 Å². The van der Waals surface area contributed by atoms with Crippen molar-refractivity contribution in [1.82, 2.24) is 5.32 Å². The van der Waals surface area contributed by atoms with Gasteiger partial charge in [-0.15, -0.1) is 0 Å². The van der Waals surface area contributed by atoms with Crippen LogP contribution in [0.3, 0.4) is 0 Å². The minimum Gasteiger partial charge on any atom is -0.315 e. The Morgan fingerprint density at radius 3 is 2.53 bits per heavy atom. The van der Waals surface area contributed by atoms with Gasteiger partial charge in [-0.25, -0.2) is 0 Å². The monoisotopic (exact) mass is 233 g/mol. The largest absolute Gasteiger partial charge is 0.315 e. The van der Waals surface area contributed by atoms with Crippen LogP contribution in [0.25, 0.3) is 0 Å². The molecule has 0 fully saturated rings. The summed E-state index contributed by atoms with van der Waals surface area (Å²) in [6.07, 6.45) is 5.16. The number of nitrogens with one attached hydrogen (secondary N) is 1. The molecule has 0 atom stereocenters. The predicted octanol–water partition coefficient (Wildman–Crippen LogP) is 4.01. The maximum Gasteiger partial charge on any atom is 0.00103 e. The fourth-order valence-electron chi connectivity index (χ4n) is 2.08. The molecule has 0 aliphatic heterocycles. The zero-order chi connectivity index (χ0) is 12.7. The van der Waals surface area contributed by atoms with E-state index in [-0.39, 0.29) is 0 Å². The summed E-state index contributed by atoms with van der Waals surface area (Å²) in [6, 6.07) is 7.40. The predicted molar refractivity (Wildman–Crippen MR) is 76.6 cm³/mol. The van der Waals surface area contributed by atoms with E-state index in [1.54, 1.807) is 0 Å². The van der Waals surface area contributed by atoms with Crippen LogP contribution in [0.4, 0.5) is 0 Å². The van der Waals surface area contributed by atoms with Crippen molar-refractivity contribution >= 4 is 0 Å². The first kappa shape index (κ1) is 14.2. The van der Waals surface area contributed by atoms with Crippen LogP contribution in [0.5, 0.6) is 0 Å². The summed E-state index contributed by atoms with van der Waals surface area (Å²) in [5.41, 5.74) is 4.35. The first-order valence-corrected chi connectivity index (χ1v) is 6.89. The third-order valence-corrected chi connectivity index (χ3v) is 3.18. The number of unbranched alkanes of at least 4 members (excludes halogenated alkanes) is 2. The third kappa shape index (κ3) is 5.88. The molecule has 0 aliphatic rings. The average Bonchev–Trinajstić information content (AvgIpc) is 2.27. The van der Waals surface area contributed by atoms with Crippen LogP contribution in [-0.2, 0) is 6.42 Å². The molecule has 1 aromatic rings. The van der Waals surface area contributed by atoms with Gasteiger partial charge < -0.3 is 5.32 Å². The van der Waals surface area contributed by atoms with Crippen LogP contribution >= 0.6 is 0 Å². The van der Waals surface area contributed by atoms with Gasteiger partial charge in [0.2, 0.25) is 0 Å². The van der Waals surface area contributed by atoms with E-state index < -0.39 is 0 Å². The van der Waals surface area contributed by atoms with Gasteiger partial charge in [-0.05, 0) is 50.8 Å². The van der Waals surface area contributed by atoms with Crippen molar-refractivity contribution in [2.45, 2.75) is 59.4 Å². The standard InChI is InChI=1S/C16H27N/c1-13(2)17-11-7-5-6-8-16-12-14(3)9-10-15(16)4/h9-10,12-13,17H,5-8,11H2,1-4H3. The molecule has 1 aromatic carbocycles. The second kappa shape index (κ2) is 7.50. The van der Waals surface area contributed by atoms with Crippen molar-refractivity contribution in [1.29, 1.82) is 0 Å². The molecule has 17 heavy (non-hydrogen) atoms. The Morgan fingerprint density at radius 1 is 1.06 bits per heavy atom. The highest BCUT2D eigenvalue weighted by Crippen LogP contribution is 2.13. The molecular weight excluding hydrogens is 206 g/mol. The molecule has 1 heteroatoms. The molecule has 0 bridgehead atoms. The van der Waals surface area contributed by atoms with Crippen molar-refractivity contribution in [3.63, 3.8) is 0 Å². The van der Waals surface area contributed by atoms with Crippen LogP contribution in [0.15, 0.2) is 18.2 Å². The maximum atomic E-state index is 3.46. The molecule has 0 aromatic heterocycles. The quantitative estimate of drug-likeness (QED) is 0.702. The summed E-state index contributed by atoms with van der Waals surface area (Å²) in [5.74, 6) is 0. The number of rotatable bonds is 7. The normalized spacial score (nSPS) is 11.1. The highest BCUT2D eigenvalue weighted by Gasteiger charge is 1.99. The molecule has 1 nitrogen and oxygen atoms in total. The van der Waals surface area contributed by atoms with Crippen LogP contribution in [0.2, 0.25) is 0 Å². The van der Waals surface area contributed by atoms with E-state index in [2.05, 4.69) is 51.2 Å². The maximum absolute atomic E-state index is 3.46. The van der Waals surface area contributed by atoms with E-state index in [9.17, 15) is 0 Å². The molecule has 0 saturated heterocycles. The van der Waals surface area contributed by atoms with Gasteiger partial charge in [-0.1, -0.05) is 44.0 Å². The summed E-state index contributed by atoms with van der Waals surface area (Å²) in [6.45, 7) is 9.96. The second-order valence-corrected chi connectivity index (χ2v) is 5.35. The van der Waals surface area contributed by atoms with Crippen LogP contribution < -0.4 is 5.32 Å². The molecule has 0 unspecified atom stereocenters. The molecule has 1 rings (SSSR count). The van der Waals surface area contributed by atoms with Crippen LogP contribution in [0, 0.1) is 13.8 Å². The van der Waals surface area contributed by atoms with Gasteiger partial charge in [-0.3, -0.25) is 0 Å². The Morgan fingerprint density at radius 2 is 1.82 bits per heavy atom. The third-order valence-electron chi connectivity index (χ3n) is 3.18. The number of aryl methyl sites for hydroxylation is 3. The summed E-state index contributed by atoms with van der Waals surface area (Å²) in [7, 11) is 0. The van der Waals surface area contributed by atoms with E-state index in [1.807, 2.05) is 0 Å². The van der Waals surface area contributed by atoms with Gasteiger partial charge in [-0.2, -0.15) is 0 Å². The average molecular weight is 233 g/mol. The smallest absolute Gasteiger partial charge is 0.00103 e. The molecule has 0 aliphatic carbocycles. The highest BCUT2D eigenvalue weighted by molar-refractivity contribution is 5.30. The molecular formula is C16H27N. The summed E-state index contributed by atoms with van der Waals surface area (Å²) in [5, 5.41) is 3.46. The minimum absolute atomic E-state index is 0.619. The van der Waals surface area contributed by atoms with Gasteiger partial charge in [0.1, 0.15) is 0 Å². The number of hydrogen-bond donors (Lipinski definition) is 1. The minimum atomic E-state index is 0.619. The first-order chi connectivity index (χ1) is 8.09. The van der Waals surface area contributed by atoms with Crippen molar-refractivity contribution < 1.29 is 0 Å². The Kier molecular flexibility index (Phi) is 6.28. The van der Waals surface area contributed by atoms with Gasteiger partial charge in [0, 0.05) is 6.04 Å². The van der Waals surface area contributed by atoms with Crippen molar-refractivity contribution in [2.75, 3.05) is 6.54 Å². The van der Waals surface area contributed by atoms with Gasteiger partial charge in [0.25, 0.3) is 0 Å². The fraction of sp³-hybridized carbons (Fsp3) is 0.625. The Labute approximate surface area is 107 Å². The lowest BCUT2D eigenvalue weighted by atomic mass is 10.00. The molecule has 0 amide bonds. The zero-order valence-electron chi connectivity index (χ0n) is 11.8. The molecule has 0 heterocycles. The summed E-state index contributed by atoms with van der Waals surface area (Å²) in [4.78, 5) is 0. The highest BCUT2D eigenvalue weighted by atomic mass is 14.9. The molecule has 96 valence electrons. The van der Waals surface area contributed by atoms with Crippen molar-refractivity contribution in [2.24, 2.45) is 0 Å². The molecule has 0 radical (unpaired) electrons. The van der Waals surface area contributed by atoms with E-state index in [4.69, 9.17) is 0 Å². The lowest BCUT2D eigenvalue weighted by Crippen LogP contribution is -2.23. The first-order valence-electron chi connectivity index (χ1n) is 6.89. The topological polar surface area (TPSA) is 12.0 Å². The summed E-state index contributed by atoms with van der Waals surface area (Å²) >= 11 is 0. The Bertz CT molecular complexity index is 328. The number of benzene rings is 1. The Balaban J connectivity index is 2.20. The van der Waals surface area contributed by atoms with Crippen molar-refractivity contribution in [3.05, 3.63) is 34.9 Å². The van der Waals surface area contributed by atoms with E-state index in [0.717, 1.165) is 6.54 Å². The van der Waals surface area contributed by atoms with E-state index in [1.165, 1.54) is 42.4 Å². The second-order valence-electron chi connectivity index (χ2n) is 5.35. The van der Waals surface area contributed by atoms with Crippen molar-refractivity contribution in [3.8, 4) is 0 Å². The number of hydrogen-bond acceptors (Lipinski definition) is 1. The van der Waals surface area contributed by atoms with Gasteiger partial charge in [0.05, 0.1) is 0 Å². The van der Waals surface area contributed by atoms with E-state index in [0.29, 0.717) is 6.04 Å². The molecule has 0 saturated carbocycles. The lowest BCUT2D eigenvalue weighted by molar-refractivity contribution is 0.548.